The summed E-state index contributed by atoms with van der Waals surface area (Å²) in [5, 5.41) is 0. The summed E-state index contributed by atoms with van der Waals surface area (Å²) in [6.45, 7) is 4.51. The van der Waals surface area contributed by atoms with Gasteiger partial charge < -0.3 is 4.90 Å². The maximum absolute atomic E-state index is 13.1. The standard InChI is InChI=1S/C21H25NO3S/c1-3-17-6-8-18(9-7-17)14-22(20-12-13-26(24,25)15-20)21(23)19-10-4-16(2)5-11-19/h4-11,20H,3,12-15H2,1-2H3. The van der Waals surface area contributed by atoms with Crippen LogP contribution in [0.15, 0.2) is 48.5 Å². The second-order valence-corrected chi connectivity index (χ2v) is 9.25. The molecule has 3 rings (SSSR count). The number of carbonyl (C=O) groups excluding carboxylic acids is 1. The number of hydrogen-bond donors (Lipinski definition) is 0. The topological polar surface area (TPSA) is 54.5 Å². The molecule has 1 heterocycles. The van der Waals surface area contributed by atoms with E-state index in [2.05, 4.69) is 19.1 Å². The van der Waals surface area contributed by atoms with Crippen LogP contribution >= 0.6 is 0 Å². The van der Waals surface area contributed by atoms with Crippen molar-refractivity contribution in [1.82, 2.24) is 4.90 Å². The molecule has 26 heavy (non-hydrogen) atoms. The van der Waals surface area contributed by atoms with Gasteiger partial charge in [0.25, 0.3) is 5.91 Å². The summed E-state index contributed by atoms with van der Waals surface area (Å²) in [5.41, 5.74) is 3.96. The van der Waals surface area contributed by atoms with Crippen molar-refractivity contribution in [3.05, 3.63) is 70.8 Å². The first-order valence-electron chi connectivity index (χ1n) is 9.04. The van der Waals surface area contributed by atoms with Crippen molar-refractivity contribution in [2.24, 2.45) is 0 Å². The summed E-state index contributed by atoms with van der Waals surface area (Å²) >= 11 is 0. The highest BCUT2D eigenvalue weighted by atomic mass is 32.2. The molecule has 5 heteroatoms. The highest BCUT2D eigenvalue weighted by molar-refractivity contribution is 7.91. The van der Waals surface area contributed by atoms with E-state index < -0.39 is 9.84 Å². The Kier molecular flexibility index (Phi) is 5.47. The van der Waals surface area contributed by atoms with E-state index in [-0.39, 0.29) is 23.5 Å². The summed E-state index contributed by atoms with van der Waals surface area (Å²) in [6, 6.07) is 15.4. The van der Waals surface area contributed by atoms with Crippen molar-refractivity contribution in [2.75, 3.05) is 11.5 Å². The summed E-state index contributed by atoms with van der Waals surface area (Å²) in [6.07, 6.45) is 1.47. The number of amides is 1. The zero-order valence-electron chi connectivity index (χ0n) is 15.3. The normalized spacial score (nSPS) is 18.6. The van der Waals surface area contributed by atoms with E-state index in [4.69, 9.17) is 0 Å². The molecule has 2 aromatic carbocycles. The zero-order valence-corrected chi connectivity index (χ0v) is 16.1. The Morgan fingerprint density at radius 2 is 1.65 bits per heavy atom. The Balaban J connectivity index is 1.88. The number of aryl methyl sites for hydroxylation is 2. The molecule has 1 unspecified atom stereocenters. The third kappa shape index (κ3) is 4.33. The summed E-state index contributed by atoms with van der Waals surface area (Å²) < 4.78 is 23.9. The van der Waals surface area contributed by atoms with Gasteiger partial charge in [-0.05, 0) is 43.0 Å². The lowest BCUT2D eigenvalue weighted by atomic mass is 10.1. The number of hydrogen-bond acceptors (Lipinski definition) is 3. The van der Waals surface area contributed by atoms with Gasteiger partial charge in [0, 0.05) is 18.2 Å². The second-order valence-electron chi connectivity index (χ2n) is 7.03. The lowest BCUT2D eigenvalue weighted by Crippen LogP contribution is -2.40. The third-order valence-electron chi connectivity index (χ3n) is 4.99. The van der Waals surface area contributed by atoms with Crippen LogP contribution in [-0.2, 0) is 22.8 Å². The third-order valence-corrected chi connectivity index (χ3v) is 6.74. The molecule has 0 aromatic heterocycles. The van der Waals surface area contributed by atoms with E-state index in [0.29, 0.717) is 18.5 Å². The maximum Gasteiger partial charge on any atom is 0.254 e. The van der Waals surface area contributed by atoms with Crippen LogP contribution in [0.4, 0.5) is 0 Å². The molecule has 2 aromatic rings. The minimum Gasteiger partial charge on any atom is -0.330 e. The van der Waals surface area contributed by atoms with E-state index >= 15 is 0 Å². The van der Waals surface area contributed by atoms with Gasteiger partial charge in [-0.2, -0.15) is 0 Å². The predicted octanol–water partition coefficient (Wildman–Crippen LogP) is 3.39. The lowest BCUT2D eigenvalue weighted by Gasteiger charge is -2.28. The van der Waals surface area contributed by atoms with E-state index in [1.807, 2.05) is 43.3 Å². The Morgan fingerprint density at radius 3 is 2.19 bits per heavy atom. The quantitative estimate of drug-likeness (QED) is 0.810. The van der Waals surface area contributed by atoms with Gasteiger partial charge in [-0.1, -0.05) is 48.9 Å². The first-order valence-corrected chi connectivity index (χ1v) is 10.9. The molecule has 0 spiro atoms. The van der Waals surface area contributed by atoms with Gasteiger partial charge >= 0.3 is 0 Å². The largest absolute Gasteiger partial charge is 0.330 e. The number of rotatable bonds is 5. The molecule has 1 amide bonds. The van der Waals surface area contributed by atoms with Crippen LogP contribution in [-0.4, -0.2) is 36.8 Å². The smallest absolute Gasteiger partial charge is 0.254 e. The van der Waals surface area contributed by atoms with E-state index in [0.717, 1.165) is 17.5 Å². The van der Waals surface area contributed by atoms with Gasteiger partial charge in [0.2, 0.25) is 0 Å². The first-order chi connectivity index (χ1) is 12.4. The Morgan fingerprint density at radius 1 is 1.04 bits per heavy atom. The molecule has 0 N–H and O–H groups in total. The monoisotopic (exact) mass is 371 g/mol. The molecule has 1 aliphatic heterocycles. The van der Waals surface area contributed by atoms with Crippen molar-refractivity contribution in [2.45, 2.75) is 39.3 Å². The molecule has 0 radical (unpaired) electrons. The van der Waals surface area contributed by atoms with Crippen molar-refractivity contribution in [3.8, 4) is 0 Å². The van der Waals surface area contributed by atoms with E-state index in [1.54, 1.807) is 4.90 Å². The number of nitrogens with zero attached hydrogens (tertiary/aromatic N) is 1. The van der Waals surface area contributed by atoms with Crippen molar-refractivity contribution < 1.29 is 13.2 Å². The van der Waals surface area contributed by atoms with Crippen LogP contribution in [0.5, 0.6) is 0 Å². The van der Waals surface area contributed by atoms with Gasteiger partial charge in [-0.25, -0.2) is 8.42 Å². The molecule has 4 nitrogen and oxygen atoms in total. The first kappa shape index (κ1) is 18.6. The average Bonchev–Trinajstić information content (AvgIpc) is 3.00. The van der Waals surface area contributed by atoms with Crippen LogP contribution in [0.2, 0.25) is 0 Å². The molecule has 0 bridgehead atoms. The molecule has 0 aliphatic carbocycles. The molecular formula is C21H25NO3S. The van der Waals surface area contributed by atoms with Crippen molar-refractivity contribution in [3.63, 3.8) is 0 Å². The number of benzene rings is 2. The molecule has 1 aliphatic rings. The molecule has 1 fully saturated rings. The molecule has 1 atom stereocenters. The van der Waals surface area contributed by atoms with Gasteiger partial charge in [-0.3, -0.25) is 4.79 Å². The van der Waals surface area contributed by atoms with Gasteiger partial charge in [0.05, 0.1) is 11.5 Å². The highest BCUT2D eigenvalue weighted by Gasteiger charge is 2.35. The molecular weight excluding hydrogens is 346 g/mol. The molecule has 0 saturated carbocycles. The Hall–Kier alpha value is -2.14. The van der Waals surface area contributed by atoms with Crippen LogP contribution in [0.25, 0.3) is 0 Å². The molecule has 1 saturated heterocycles. The number of carbonyl (C=O) groups is 1. The van der Waals surface area contributed by atoms with E-state index in [9.17, 15) is 13.2 Å². The van der Waals surface area contributed by atoms with Crippen molar-refractivity contribution in [1.29, 1.82) is 0 Å². The highest BCUT2D eigenvalue weighted by Crippen LogP contribution is 2.23. The van der Waals surface area contributed by atoms with Crippen molar-refractivity contribution >= 4 is 15.7 Å². The minimum absolute atomic E-state index is 0.0532. The van der Waals surface area contributed by atoms with Gasteiger partial charge in [-0.15, -0.1) is 0 Å². The Bertz CT molecular complexity index is 870. The minimum atomic E-state index is -3.06. The fourth-order valence-electron chi connectivity index (χ4n) is 3.33. The van der Waals surface area contributed by atoms with Crippen LogP contribution < -0.4 is 0 Å². The Labute approximate surface area is 155 Å². The fraction of sp³-hybridized carbons (Fsp3) is 0.381. The maximum atomic E-state index is 13.1. The predicted molar refractivity (Wildman–Crippen MR) is 104 cm³/mol. The van der Waals surface area contributed by atoms with Gasteiger partial charge in [0.1, 0.15) is 0 Å². The summed E-state index contributed by atoms with van der Waals surface area (Å²) in [5.74, 6) is 0.105. The molecule has 138 valence electrons. The van der Waals surface area contributed by atoms with Crippen LogP contribution in [0.1, 0.15) is 40.4 Å². The fourth-order valence-corrected chi connectivity index (χ4v) is 5.06. The summed E-state index contributed by atoms with van der Waals surface area (Å²) in [7, 11) is -3.06. The van der Waals surface area contributed by atoms with Crippen LogP contribution in [0.3, 0.4) is 0 Å². The number of sulfone groups is 1. The van der Waals surface area contributed by atoms with Gasteiger partial charge in [0.15, 0.2) is 9.84 Å². The summed E-state index contributed by atoms with van der Waals surface area (Å²) in [4.78, 5) is 14.8. The lowest BCUT2D eigenvalue weighted by molar-refractivity contribution is 0.0681. The zero-order chi connectivity index (χ0) is 18.7. The average molecular weight is 372 g/mol. The van der Waals surface area contributed by atoms with Crippen LogP contribution in [0, 0.1) is 6.92 Å². The van der Waals surface area contributed by atoms with E-state index in [1.165, 1.54) is 5.56 Å². The SMILES string of the molecule is CCc1ccc(CN(C(=O)c2ccc(C)cc2)C2CCS(=O)(=O)C2)cc1. The second kappa shape index (κ2) is 7.62.